The van der Waals surface area contributed by atoms with Crippen molar-refractivity contribution in [3.8, 4) is 0 Å². The Morgan fingerprint density at radius 3 is 2.21 bits per heavy atom. The quantitative estimate of drug-likeness (QED) is 0.526. The lowest BCUT2D eigenvalue weighted by atomic mass is 9.98. The molecule has 3 rings (SSSR count). The molecule has 0 spiro atoms. The van der Waals surface area contributed by atoms with Crippen LogP contribution >= 0.6 is 0 Å². The van der Waals surface area contributed by atoms with E-state index in [-0.39, 0.29) is 6.54 Å². The lowest BCUT2D eigenvalue weighted by Crippen LogP contribution is -2.49. The first kappa shape index (κ1) is 17.9. The molecule has 3 aliphatic rings. The van der Waals surface area contributed by atoms with Crippen LogP contribution < -0.4 is 10.6 Å². The van der Waals surface area contributed by atoms with Crippen LogP contribution in [0.4, 0.5) is 8.78 Å². The summed E-state index contributed by atoms with van der Waals surface area (Å²) < 4.78 is 24.9. The molecule has 1 aliphatic heterocycles. The minimum atomic E-state index is -2.23. The Kier molecular flexibility index (Phi) is 6.31. The molecule has 0 amide bonds. The van der Waals surface area contributed by atoms with E-state index in [0.29, 0.717) is 6.04 Å². The molecule has 1 saturated heterocycles. The van der Waals surface area contributed by atoms with Gasteiger partial charge in [0, 0.05) is 32.2 Å². The largest absolute Gasteiger partial charge is 0.357 e. The summed E-state index contributed by atoms with van der Waals surface area (Å²) in [5.74, 6) is 3.54. The molecule has 0 aromatic carbocycles. The molecule has 0 radical (unpaired) electrons. The van der Waals surface area contributed by atoms with Gasteiger partial charge < -0.3 is 10.6 Å². The van der Waals surface area contributed by atoms with Crippen LogP contribution in [-0.4, -0.2) is 56.1 Å². The van der Waals surface area contributed by atoms with Gasteiger partial charge in [-0.15, -0.1) is 0 Å². The number of piperidine rings is 1. The number of hydrogen-bond donors (Lipinski definition) is 2. The van der Waals surface area contributed by atoms with Gasteiger partial charge in [-0.1, -0.05) is 0 Å². The van der Waals surface area contributed by atoms with Crippen molar-refractivity contribution in [3.05, 3.63) is 0 Å². The molecule has 0 aromatic heterocycles. The first-order valence-corrected chi connectivity index (χ1v) is 9.71. The van der Waals surface area contributed by atoms with Gasteiger partial charge in [-0.05, 0) is 63.2 Å². The van der Waals surface area contributed by atoms with Crippen LogP contribution in [-0.2, 0) is 0 Å². The third kappa shape index (κ3) is 5.57. The van der Waals surface area contributed by atoms with E-state index in [4.69, 9.17) is 4.99 Å². The van der Waals surface area contributed by atoms with E-state index in [0.717, 1.165) is 62.7 Å². The summed E-state index contributed by atoms with van der Waals surface area (Å²) >= 11 is 0. The molecule has 1 heterocycles. The summed E-state index contributed by atoms with van der Waals surface area (Å²) in [6, 6.07) is 0.344. The maximum atomic E-state index is 12.5. The lowest BCUT2D eigenvalue weighted by Gasteiger charge is -2.32. The molecule has 0 aromatic rings. The molecule has 138 valence electrons. The van der Waals surface area contributed by atoms with Gasteiger partial charge in [0.2, 0.25) is 0 Å². The van der Waals surface area contributed by atoms with Crippen molar-refractivity contribution in [2.75, 3.05) is 32.7 Å². The molecule has 3 fully saturated rings. The number of guanidine groups is 1. The molecular formula is C18H32F2N4. The molecule has 0 atom stereocenters. The molecule has 2 N–H and O–H groups in total. The van der Waals surface area contributed by atoms with Crippen molar-refractivity contribution < 1.29 is 8.78 Å². The molecular weight excluding hydrogens is 310 g/mol. The van der Waals surface area contributed by atoms with E-state index in [2.05, 4.69) is 17.6 Å². The summed E-state index contributed by atoms with van der Waals surface area (Å²) in [6.45, 7) is 5.28. The first-order chi connectivity index (χ1) is 11.7. The highest BCUT2D eigenvalue weighted by Gasteiger charge is 2.41. The van der Waals surface area contributed by atoms with Crippen molar-refractivity contribution >= 4 is 5.96 Å². The number of alkyl halides is 2. The number of nitrogens with zero attached hydrogens (tertiary/aromatic N) is 2. The van der Waals surface area contributed by atoms with Crippen LogP contribution in [0.2, 0.25) is 0 Å². The fraction of sp³-hybridized carbons (Fsp3) is 0.944. The predicted molar refractivity (Wildman–Crippen MR) is 93.5 cm³/mol. The van der Waals surface area contributed by atoms with Crippen molar-refractivity contribution in [1.29, 1.82) is 0 Å². The average molecular weight is 342 g/mol. The fourth-order valence-electron chi connectivity index (χ4n) is 3.90. The highest BCUT2D eigenvalue weighted by atomic mass is 19.3. The molecule has 2 aliphatic carbocycles. The number of nitrogens with one attached hydrogen (secondary N) is 2. The Labute approximate surface area is 144 Å². The first-order valence-electron chi connectivity index (χ1n) is 9.71. The molecule has 4 nitrogen and oxygen atoms in total. The van der Waals surface area contributed by atoms with Gasteiger partial charge in [0.25, 0.3) is 6.43 Å². The van der Waals surface area contributed by atoms with E-state index < -0.39 is 6.43 Å². The van der Waals surface area contributed by atoms with Gasteiger partial charge in [-0.25, -0.2) is 8.78 Å². The standard InChI is InChI=1S/C18H32F2N4/c1-2-21-18(22-11-16(13-3-4-13)14-5-6-14)23-15-7-9-24(10-8-15)12-17(19)20/h13-17H,2-12H2,1H3,(H2,21,22,23). The molecule has 6 heteroatoms. The maximum absolute atomic E-state index is 12.5. The second kappa shape index (κ2) is 8.45. The van der Waals surface area contributed by atoms with Gasteiger partial charge in [-0.2, -0.15) is 0 Å². The van der Waals surface area contributed by atoms with Gasteiger partial charge in [0.15, 0.2) is 5.96 Å². The van der Waals surface area contributed by atoms with Crippen LogP contribution in [0.5, 0.6) is 0 Å². The summed E-state index contributed by atoms with van der Waals surface area (Å²) in [4.78, 5) is 6.72. The summed E-state index contributed by atoms with van der Waals surface area (Å²) in [5.41, 5.74) is 0. The van der Waals surface area contributed by atoms with E-state index in [1.807, 2.05) is 4.90 Å². The molecule has 24 heavy (non-hydrogen) atoms. The predicted octanol–water partition coefficient (Wildman–Crippen LogP) is 2.71. The zero-order valence-corrected chi connectivity index (χ0v) is 14.8. The molecule has 0 unspecified atom stereocenters. The number of rotatable bonds is 8. The van der Waals surface area contributed by atoms with Gasteiger partial charge in [0.05, 0.1) is 6.54 Å². The van der Waals surface area contributed by atoms with E-state index in [1.165, 1.54) is 25.7 Å². The van der Waals surface area contributed by atoms with E-state index in [1.54, 1.807) is 0 Å². The maximum Gasteiger partial charge on any atom is 0.251 e. The van der Waals surface area contributed by atoms with E-state index in [9.17, 15) is 8.78 Å². The van der Waals surface area contributed by atoms with Gasteiger partial charge in [0.1, 0.15) is 0 Å². The van der Waals surface area contributed by atoms with Crippen LogP contribution in [0, 0.1) is 17.8 Å². The SMILES string of the molecule is CCNC(=NCC(C1CC1)C1CC1)NC1CCN(CC(F)F)CC1. The summed E-state index contributed by atoms with van der Waals surface area (Å²) in [5, 5.41) is 6.88. The van der Waals surface area contributed by atoms with Crippen molar-refractivity contribution in [1.82, 2.24) is 15.5 Å². The zero-order valence-electron chi connectivity index (χ0n) is 14.8. The highest BCUT2D eigenvalue weighted by Crippen LogP contribution is 2.49. The third-order valence-corrected chi connectivity index (χ3v) is 5.58. The molecule has 2 saturated carbocycles. The van der Waals surface area contributed by atoms with Gasteiger partial charge in [-0.3, -0.25) is 9.89 Å². The molecule has 0 bridgehead atoms. The Hall–Kier alpha value is -0.910. The Bertz CT molecular complexity index is 401. The van der Waals surface area contributed by atoms with Crippen molar-refractivity contribution in [2.45, 2.75) is 57.9 Å². The number of likely N-dealkylation sites (tertiary alicyclic amines) is 1. The normalized spacial score (nSPS) is 24.0. The third-order valence-electron chi connectivity index (χ3n) is 5.58. The minimum Gasteiger partial charge on any atom is -0.357 e. The Balaban J connectivity index is 1.46. The average Bonchev–Trinajstić information content (AvgIpc) is 3.43. The summed E-state index contributed by atoms with van der Waals surface area (Å²) in [6.07, 6.45) is 5.16. The number of halogens is 2. The number of aliphatic imine (C=N–C) groups is 1. The smallest absolute Gasteiger partial charge is 0.251 e. The highest BCUT2D eigenvalue weighted by molar-refractivity contribution is 5.80. The Morgan fingerprint density at radius 1 is 1.08 bits per heavy atom. The zero-order chi connectivity index (χ0) is 16.9. The van der Waals surface area contributed by atoms with Crippen LogP contribution in [0.3, 0.4) is 0 Å². The van der Waals surface area contributed by atoms with E-state index >= 15 is 0 Å². The van der Waals surface area contributed by atoms with Crippen molar-refractivity contribution in [3.63, 3.8) is 0 Å². The fourth-order valence-corrected chi connectivity index (χ4v) is 3.90. The lowest BCUT2D eigenvalue weighted by molar-refractivity contribution is 0.0744. The monoisotopic (exact) mass is 342 g/mol. The van der Waals surface area contributed by atoms with Gasteiger partial charge >= 0.3 is 0 Å². The second-order valence-electron chi connectivity index (χ2n) is 7.67. The van der Waals surface area contributed by atoms with Crippen LogP contribution in [0.25, 0.3) is 0 Å². The van der Waals surface area contributed by atoms with Crippen molar-refractivity contribution in [2.24, 2.45) is 22.7 Å². The number of hydrogen-bond acceptors (Lipinski definition) is 2. The Morgan fingerprint density at radius 2 is 1.71 bits per heavy atom. The minimum absolute atomic E-state index is 0.0919. The topological polar surface area (TPSA) is 39.7 Å². The second-order valence-corrected chi connectivity index (χ2v) is 7.67. The van der Waals surface area contributed by atoms with Crippen LogP contribution in [0.1, 0.15) is 45.4 Å². The van der Waals surface area contributed by atoms with Crippen LogP contribution in [0.15, 0.2) is 4.99 Å². The summed E-state index contributed by atoms with van der Waals surface area (Å²) in [7, 11) is 0.